The second-order valence-corrected chi connectivity index (χ2v) is 5.39. The molecule has 0 spiro atoms. The highest BCUT2D eigenvalue weighted by atomic mass is 16.6. The van der Waals surface area contributed by atoms with Crippen molar-refractivity contribution < 1.29 is 9.66 Å². The van der Waals surface area contributed by atoms with Crippen LogP contribution in [0.4, 0.5) is 5.69 Å². The summed E-state index contributed by atoms with van der Waals surface area (Å²) in [7, 11) is 2.00. The van der Waals surface area contributed by atoms with Gasteiger partial charge in [-0.2, -0.15) is 0 Å². The number of rotatable bonds is 5. The Bertz CT molecular complexity index is 468. The minimum Gasteiger partial charge on any atom is -0.374 e. The number of nitro benzene ring substituents is 1. The van der Waals surface area contributed by atoms with Crippen LogP contribution in [-0.4, -0.2) is 24.1 Å². The van der Waals surface area contributed by atoms with Gasteiger partial charge < -0.3 is 10.1 Å². The topological polar surface area (TPSA) is 64.4 Å². The SMILES string of the molecule is CNC1CCC(OCc2cccc([N+](=O)[O-])c2C)CC1. The van der Waals surface area contributed by atoms with E-state index >= 15 is 0 Å². The average Bonchev–Trinajstić information content (AvgIpc) is 2.46. The van der Waals surface area contributed by atoms with E-state index in [1.165, 1.54) is 6.07 Å². The predicted octanol–water partition coefficient (Wildman–Crippen LogP) is 2.95. The van der Waals surface area contributed by atoms with Crippen molar-refractivity contribution in [3.05, 3.63) is 39.4 Å². The first kappa shape index (κ1) is 14.9. The number of hydrogen-bond donors (Lipinski definition) is 1. The van der Waals surface area contributed by atoms with Crippen LogP contribution in [0.1, 0.15) is 36.8 Å². The number of nitro groups is 1. The van der Waals surface area contributed by atoms with E-state index in [1.54, 1.807) is 13.0 Å². The van der Waals surface area contributed by atoms with Gasteiger partial charge in [0, 0.05) is 17.7 Å². The van der Waals surface area contributed by atoms with Crippen LogP contribution in [0.3, 0.4) is 0 Å². The molecule has 20 heavy (non-hydrogen) atoms. The number of nitrogens with zero attached hydrogens (tertiary/aromatic N) is 1. The molecule has 2 rings (SSSR count). The molecule has 0 heterocycles. The van der Waals surface area contributed by atoms with Crippen LogP contribution >= 0.6 is 0 Å². The van der Waals surface area contributed by atoms with Crippen LogP contribution in [-0.2, 0) is 11.3 Å². The number of nitrogens with one attached hydrogen (secondary N) is 1. The largest absolute Gasteiger partial charge is 0.374 e. The van der Waals surface area contributed by atoms with Crippen LogP contribution < -0.4 is 5.32 Å². The normalized spacial score (nSPS) is 22.7. The van der Waals surface area contributed by atoms with Crippen molar-refractivity contribution in [3.8, 4) is 0 Å². The Kier molecular flexibility index (Phi) is 5.09. The summed E-state index contributed by atoms with van der Waals surface area (Å²) in [5.41, 5.74) is 1.79. The van der Waals surface area contributed by atoms with E-state index in [0.29, 0.717) is 18.2 Å². The summed E-state index contributed by atoms with van der Waals surface area (Å²) < 4.78 is 5.93. The van der Waals surface area contributed by atoms with Gasteiger partial charge in [-0.15, -0.1) is 0 Å². The Morgan fingerprint density at radius 1 is 1.35 bits per heavy atom. The molecule has 0 amide bonds. The van der Waals surface area contributed by atoms with E-state index in [-0.39, 0.29) is 16.7 Å². The summed E-state index contributed by atoms with van der Waals surface area (Å²) in [5, 5.41) is 14.2. The lowest BCUT2D eigenvalue weighted by Gasteiger charge is -2.28. The maximum absolute atomic E-state index is 10.9. The molecule has 1 aromatic carbocycles. The predicted molar refractivity (Wildman–Crippen MR) is 77.7 cm³/mol. The van der Waals surface area contributed by atoms with Crippen LogP contribution in [0.5, 0.6) is 0 Å². The lowest BCUT2D eigenvalue weighted by atomic mass is 9.93. The maximum atomic E-state index is 10.9. The van der Waals surface area contributed by atoms with Crippen molar-refractivity contribution in [1.82, 2.24) is 5.32 Å². The van der Waals surface area contributed by atoms with Gasteiger partial charge >= 0.3 is 0 Å². The fourth-order valence-electron chi connectivity index (χ4n) is 2.75. The van der Waals surface area contributed by atoms with Gasteiger partial charge in [0.1, 0.15) is 0 Å². The molecule has 5 nitrogen and oxygen atoms in total. The zero-order valence-electron chi connectivity index (χ0n) is 12.1. The van der Waals surface area contributed by atoms with Gasteiger partial charge in [0.25, 0.3) is 5.69 Å². The minimum absolute atomic E-state index is 0.171. The molecule has 1 fully saturated rings. The molecular formula is C15H22N2O3. The molecule has 5 heteroatoms. The standard InChI is InChI=1S/C15H22N2O3/c1-11-12(4-3-5-15(11)17(18)19)10-20-14-8-6-13(16-2)7-9-14/h3-5,13-14,16H,6-10H2,1-2H3. The lowest BCUT2D eigenvalue weighted by molar-refractivity contribution is -0.385. The quantitative estimate of drug-likeness (QED) is 0.664. The smallest absolute Gasteiger partial charge is 0.272 e. The summed E-state index contributed by atoms with van der Waals surface area (Å²) in [6.45, 7) is 2.25. The first-order valence-corrected chi connectivity index (χ1v) is 7.13. The van der Waals surface area contributed by atoms with Gasteiger partial charge in [0.2, 0.25) is 0 Å². The van der Waals surface area contributed by atoms with E-state index in [2.05, 4.69) is 5.32 Å². The Labute approximate surface area is 119 Å². The molecule has 1 aromatic rings. The van der Waals surface area contributed by atoms with Crippen molar-refractivity contribution >= 4 is 5.69 Å². The summed E-state index contributed by atoms with van der Waals surface area (Å²) in [6, 6.07) is 5.77. The molecular weight excluding hydrogens is 256 g/mol. The molecule has 0 bridgehead atoms. The van der Waals surface area contributed by atoms with E-state index in [0.717, 1.165) is 31.2 Å². The first-order valence-electron chi connectivity index (χ1n) is 7.13. The summed E-state index contributed by atoms with van der Waals surface area (Å²) in [4.78, 5) is 10.6. The van der Waals surface area contributed by atoms with Gasteiger partial charge in [-0.05, 0) is 45.2 Å². The third-order valence-electron chi connectivity index (χ3n) is 4.17. The number of benzene rings is 1. The molecule has 0 aromatic heterocycles. The summed E-state index contributed by atoms with van der Waals surface area (Å²) in [6.07, 6.45) is 4.65. The van der Waals surface area contributed by atoms with E-state index in [9.17, 15) is 10.1 Å². The fraction of sp³-hybridized carbons (Fsp3) is 0.600. The van der Waals surface area contributed by atoms with Crippen LogP contribution in [0, 0.1) is 17.0 Å². The first-order chi connectivity index (χ1) is 9.61. The molecule has 0 radical (unpaired) electrons. The van der Waals surface area contributed by atoms with Crippen LogP contribution in [0.25, 0.3) is 0 Å². The second-order valence-electron chi connectivity index (χ2n) is 5.39. The van der Waals surface area contributed by atoms with E-state index in [4.69, 9.17) is 4.74 Å². The molecule has 1 aliphatic rings. The summed E-state index contributed by atoms with van der Waals surface area (Å²) >= 11 is 0. The van der Waals surface area contributed by atoms with Crippen molar-refractivity contribution in [2.24, 2.45) is 0 Å². The monoisotopic (exact) mass is 278 g/mol. The van der Waals surface area contributed by atoms with E-state index in [1.807, 2.05) is 13.1 Å². The molecule has 0 saturated heterocycles. The summed E-state index contributed by atoms with van der Waals surface area (Å²) in [5.74, 6) is 0. The molecule has 1 saturated carbocycles. The average molecular weight is 278 g/mol. The van der Waals surface area contributed by atoms with Crippen LogP contribution in [0.2, 0.25) is 0 Å². The zero-order chi connectivity index (χ0) is 14.5. The van der Waals surface area contributed by atoms with Crippen molar-refractivity contribution in [3.63, 3.8) is 0 Å². The van der Waals surface area contributed by atoms with E-state index < -0.39 is 0 Å². The highest BCUT2D eigenvalue weighted by molar-refractivity contribution is 5.44. The lowest BCUT2D eigenvalue weighted by Crippen LogP contribution is -2.32. The number of hydrogen-bond acceptors (Lipinski definition) is 4. The van der Waals surface area contributed by atoms with Crippen LogP contribution in [0.15, 0.2) is 18.2 Å². The Balaban J connectivity index is 1.92. The minimum atomic E-state index is -0.336. The maximum Gasteiger partial charge on any atom is 0.272 e. The molecule has 0 atom stereocenters. The molecule has 0 aliphatic heterocycles. The zero-order valence-corrected chi connectivity index (χ0v) is 12.1. The van der Waals surface area contributed by atoms with Gasteiger partial charge in [0.05, 0.1) is 17.6 Å². The van der Waals surface area contributed by atoms with Crippen molar-refractivity contribution in [2.45, 2.75) is 51.4 Å². The Morgan fingerprint density at radius 3 is 2.65 bits per heavy atom. The van der Waals surface area contributed by atoms with Gasteiger partial charge in [0.15, 0.2) is 0 Å². The molecule has 0 unspecified atom stereocenters. The van der Waals surface area contributed by atoms with Crippen molar-refractivity contribution in [1.29, 1.82) is 0 Å². The highest BCUT2D eigenvalue weighted by Gasteiger charge is 2.21. The third kappa shape index (κ3) is 3.55. The molecule has 1 N–H and O–H groups in total. The number of ether oxygens (including phenoxy) is 1. The van der Waals surface area contributed by atoms with Gasteiger partial charge in [-0.3, -0.25) is 10.1 Å². The second kappa shape index (κ2) is 6.81. The van der Waals surface area contributed by atoms with Gasteiger partial charge in [-0.1, -0.05) is 12.1 Å². The highest BCUT2D eigenvalue weighted by Crippen LogP contribution is 2.25. The van der Waals surface area contributed by atoms with Crippen molar-refractivity contribution in [2.75, 3.05) is 7.05 Å². The molecule has 1 aliphatic carbocycles. The molecule has 110 valence electrons. The Morgan fingerprint density at radius 2 is 2.05 bits per heavy atom. The Hall–Kier alpha value is -1.46. The fourth-order valence-corrected chi connectivity index (χ4v) is 2.75. The van der Waals surface area contributed by atoms with Gasteiger partial charge in [-0.25, -0.2) is 0 Å². The third-order valence-corrected chi connectivity index (χ3v) is 4.17.